The minimum atomic E-state index is -0.855. The Bertz CT molecular complexity index is 896. The fourth-order valence-electron chi connectivity index (χ4n) is 3.60. The summed E-state index contributed by atoms with van der Waals surface area (Å²) in [6.45, 7) is 0.982. The highest BCUT2D eigenvalue weighted by atomic mass is 35.5. The molecule has 1 atom stereocenters. The first-order chi connectivity index (χ1) is 14.1. The third-order valence-electron chi connectivity index (χ3n) is 5.28. The van der Waals surface area contributed by atoms with Crippen LogP contribution in [0, 0.1) is 0 Å². The quantitative estimate of drug-likeness (QED) is 0.750. The lowest BCUT2D eigenvalue weighted by atomic mass is 9.73. The number of fused-ring (bicyclic) bond motifs is 1. The van der Waals surface area contributed by atoms with Gasteiger partial charge in [0.15, 0.2) is 11.5 Å². The highest BCUT2D eigenvalue weighted by Crippen LogP contribution is 2.36. The Morgan fingerprint density at radius 3 is 2.38 bits per heavy atom. The van der Waals surface area contributed by atoms with E-state index in [2.05, 4.69) is 10.9 Å². The Morgan fingerprint density at radius 2 is 1.66 bits per heavy atom. The molecule has 2 aliphatic heterocycles. The number of hydrazine groups is 1. The van der Waals surface area contributed by atoms with Crippen molar-refractivity contribution in [3.8, 4) is 11.5 Å². The van der Waals surface area contributed by atoms with Crippen molar-refractivity contribution >= 4 is 23.4 Å². The zero-order valence-electron chi connectivity index (χ0n) is 15.7. The van der Waals surface area contributed by atoms with Crippen molar-refractivity contribution < 1.29 is 23.8 Å². The molecule has 2 amide bonds. The second-order valence-corrected chi connectivity index (χ2v) is 7.45. The number of ether oxygens (including phenoxy) is 3. The molecule has 2 aromatic carbocycles. The SMILES string of the molecule is O=C(NNC(=O)C1(c2ccc(Cl)cc2)CCOCC1)C1COc2ccccc2O1. The van der Waals surface area contributed by atoms with Gasteiger partial charge in [0.05, 0.1) is 5.41 Å². The fraction of sp³-hybridized carbons (Fsp3) is 0.333. The highest BCUT2D eigenvalue weighted by molar-refractivity contribution is 6.30. The molecule has 0 saturated carbocycles. The van der Waals surface area contributed by atoms with Crippen molar-refractivity contribution in [2.24, 2.45) is 0 Å². The summed E-state index contributed by atoms with van der Waals surface area (Å²) in [5, 5.41) is 0.597. The summed E-state index contributed by atoms with van der Waals surface area (Å²) in [5.74, 6) is 0.302. The first kappa shape index (κ1) is 19.5. The molecule has 1 saturated heterocycles. The van der Waals surface area contributed by atoms with E-state index in [4.69, 9.17) is 25.8 Å². The minimum absolute atomic E-state index is 0.0644. The molecule has 2 N–H and O–H groups in total. The summed E-state index contributed by atoms with van der Waals surface area (Å²) in [4.78, 5) is 25.6. The number of carbonyl (C=O) groups is 2. The van der Waals surface area contributed by atoms with Gasteiger partial charge in [-0.15, -0.1) is 0 Å². The number of para-hydroxylation sites is 2. The topological polar surface area (TPSA) is 85.9 Å². The number of halogens is 1. The van der Waals surface area contributed by atoms with Gasteiger partial charge in [-0.2, -0.15) is 0 Å². The molecule has 2 aliphatic rings. The van der Waals surface area contributed by atoms with Gasteiger partial charge < -0.3 is 14.2 Å². The van der Waals surface area contributed by atoms with E-state index in [9.17, 15) is 9.59 Å². The molecule has 4 rings (SSSR count). The Morgan fingerprint density at radius 1 is 0.966 bits per heavy atom. The Labute approximate surface area is 173 Å². The zero-order valence-corrected chi connectivity index (χ0v) is 16.4. The van der Waals surface area contributed by atoms with Crippen molar-refractivity contribution in [3.63, 3.8) is 0 Å². The molecule has 0 aromatic heterocycles. The van der Waals surface area contributed by atoms with E-state index < -0.39 is 17.4 Å². The molecule has 152 valence electrons. The normalized spacial score (nSPS) is 19.8. The lowest BCUT2D eigenvalue weighted by Crippen LogP contribution is -2.56. The maximum absolute atomic E-state index is 13.1. The van der Waals surface area contributed by atoms with Crippen LogP contribution in [0.3, 0.4) is 0 Å². The number of benzene rings is 2. The van der Waals surface area contributed by atoms with E-state index in [0.717, 1.165) is 5.56 Å². The van der Waals surface area contributed by atoms with Crippen LogP contribution in [0.5, 0.6) is 11.5 Å². The van der Waals surface area contributed by atoms with Crippen molar-refractivity contribution in [1.29, 1.82) is 0 Å². The smallest absolute Gasteiger partial charge is 0.283 e. The predicted octanol–water partition coefficient (Wildman–Crippen LogP) is 2.38. The van der Waals surface area contributed by atoms with E-state index >= 15 is 0 Å². The maximum Gasteiger partial charge on any atom is 0.283 e. The number of rotatable bonds is 3. The first-order valence-electron chi connectivity index (χ1n) is 9.41. The van der Waals surface area contributed by atoms with E-state index in [-0.39, 0.29) is 12.5 Å². The predicted molar refractivity (Wildman–Crippen MR) is 106 cm³/mol. The van der Waals surface area contributed by atoms with Gasteiger partial charge in [0.25, 0.3) is 5.91 Å². The summed E-state index contributed by atoms with van der Waals surface area (Å²) in [6, 6.07) is 14.3. The molecule has 0 spiro atoms. The zero-order chi connectivity index (χ0) is 20.3. The van der Waals surface area contributed by atoms with Crippen LogP contribution in [0.2, 0.25) is 5.02 Å². The number of amides is 2. The number of hydrogen-bond acceptors (Lipinski definition) is 5. The summed E-state index contributed by atoms with van der Waals surface area (Å²) in [5.41, 5.74) is 5.08. The summed E-state index contributed by atoms with van der Waals surface area (Å²) in [7, 11) is 0. The Hall–Kier alpha value is -2.77. The van der Waals surface area contributed by atoms with E-state index in [0.29, 0.717) is 42.6 Å². The highest BCUT2D eigenvalue weighted by Gasteiger charge is 2.42. The van der Waals surface area contributed by atoms with Crippen LogP contribution in [-0.4, -0.2) is 37.7 Å². The Balaban J connectivity index is 1.43. The number of nitrogens with one attached hydrogen (secondary N) is 2. The van der Waals surface area contributed by atoms with Crippen LogP contribution in [0.1, 0.15) is 18.4 Å². The van der Waals surface area contributed by atoms with E-state index in [1.165, 1.54) is 0 Å². The van der Waals surface area contributed by atoms with E-state index in [1.54, 1.807) is 30.3 Å². The van der Waals surface area contributed by atoms with E-state index in [1.807, 2.05) is 18.2 Å². The average Bonchev–Trinajstić information content (AvgIpc) is 2.77. The second-order valence-electron chi connectivity index (χ2n) is 7.01. The molecule has 1 fully saturated rings. The second kappa shape index (κ2) is 8.31. The third-order valence-corrected chi connectivity index (χ3v) is 5.53. The average molecular weight is 417 g/mol. The van der Waals surface area contributed by atoms with Crippen LogP contribution < -0.4 is 20.3 Å². The molecule has 1 unspecified atom stereocenters. The van der Waals surface area contributed by atoms with Gasteiger partial charge in [-0.1, -0.05) is 35.9 Å². The van der Waals surface area contributed by atoms with Gasteiger partial charge in [0.2, 0.25) is 12.0 Å². The molecule has 29 heavy (non-hydrogen) atoms. The number of carbonyl (C=O) groups excluding carboxylic acids is 2. The molecule has 8 heteroatoms. The Kier molecular flexibility index (Phi) is 5.60. The molecule has 2 heterocycles. The van der Waals surface area contributed by atoms with Gasteiger partial charge in [0, 0.05) is 18.2 Å². The van der Waals surface area contributed by atoms with Gasteiger partial charge in [-0.25, -0.2) is 0 Å². The lowest BCUT2D eigenvalue weighted by molar-refractivity contribution is -0.138. The summed E-state index contributed by atoms with van der Waals surface area (Å²) in [6.07, 6.45) is 0.158. The molecule has 0 bridgehead atoms. The van der Waals surface area contributed by atoms with Crippen molar-refractivity contribution in [1.82, 2.24) is 10.9 Å². The van der Waals surface area contributed by atoms with Crippen LogP contribution in [-0.2, 0) is 19.7 Å². The lowest BCUT2D eigenvalue weighted by Gasteiger charge is -2.36. The maximum atomic E-state index is 13.1. The summed E-state index contributed by atoms with van der Waals surface area (Å²) < 4.78 is 16.7. The van der Waals surface area contributed by atoms with Gasteiger partial charge >= 0.3 is 0 Å². The molecular formula is C21H21ClN2O5. The van der Waals surface area contributed by atoms with Gasteiger partial charge in [-0.3, -0.25) is 20.4 Å². The molecular weight excluding hydrogens is 396 g/mol. The van der Waals surface area contributed by atoms with Crippen molar-refractivity contribution in [2.45, 2.75) is 24.4 Å². The fourth-order valence-corrected chi connectivity index (χ4v) is 3.73. The molecule has 0 radical (unpaired) electrons. The van der Waals surface area contributed by atoms with Crippen LogP contribution in [0.4, 0.5) is 0 Å². The molecule has 7 nitrogen and oxygen atoms in total. The minimum Gasteiger partial charge on any atom is -0.485 e. The standard InChI is InChI=1S/C21H21ClN2O5/c22-15-7-5-14(6-8-15)21(9-11-27-12-10-21)20(26)24-23-19(25)18-13-28-16-3-1-2-4-17(16)29-18/h1-8,18H,9-13H2,(H,23,25)(H,24,26). The van der Waals surface area contributed by atoms with Crippen molar-refractivity contribution in [3.05, 3.63) is 59.1 Å². The van der Waals surface area contributed by atoms with Crippen LogP contribution in [0.15, 0.2) is 48.5 Å². The molecule has 0 aliphatic carbocycles. The summed E-state index contributed by atoms with van der Waals surface area (Å²) >= 11 is 5.99. The van der Waals surface area contributed by atoms with Gasteiger partial charge in [0.1, 0.15) is 6.61 Å². The third kappa shape index (κ3) is 4.02. The molecule has 2 aromatic rings. The van der Waals surface area contributed by atoms with Crippen LogP contribution in [0.25, 0.3) is 0 Å². The van der Waals surface area contributed by atoms with Crippen molar-refractivity contribution in [2.75, 3.05) is 19.8 Å². The number of hydrogen-bond donors (Lipinski definition) is 2. The first-order valence-corrected chi connectivity index (χ1v) is 9.79. The largest absolute Gasteiger partial charge is 0.485 e. The van der Waals surface area contributed by atoms with Gasteiger partial charge in [-0.05, 0) is 42.7 Å². The van der Waals surface area contributed by atoms with Crippen LogP contribution >= 0.6 is 11.6 Å². The monoisotopic (exact) mass is 416 g/mol.